The Balaban J connectivity index is 2.65. The average molecular weight is 318 g/mol. The minimum Gasteiger partial charge on any atom is -0.347 e. The number of pyridine rings is 1. The fourth-order valence-electron chi connectivity index (χ4n) is 1.89. The van der Waals surface area contributed by atoms with Crippen LogP contribution in [0.2, 0.25) is 5.02 Å². The lowest BCUT2D eigenvalue weighted by Crippen LogP contribution is -2.25. The van der Waals surface area contributed by atoms with E-state index in [2.05, 4.69) is 16.9 Å². The highest BCUT2D eigenvalue weighted by molar-refractivity contribution is 6.33. The molecule has 0 radical (unpaired) electrons. The second-order valence-corrected chi connectivity index (χ2v) is 4.72. The van der Waals surface area contributed by atoms with Crippen LogP contribution < -0.4 is 5.32 Å². The van der Waals surface area contributed by atoms with Gasteiger partial charge in [0.25, 0.3) is 5.91 Å². The van der Waals surface area contributed by atoms with E-state index in [0.29, 0.717) is 0 Å². The van der Waals surface area contributed by atoms with E-state index in [1.165, 1.54) is 13.0 Å². The first-order chi connectivity index (χ1) is 9.75. The van der Waals surface area contributed by atoms with Gasteiger partial charge in [0.1, 0.15) is 5.69 Å². The van der Waals surface area contributed by atoms with Crippen molar-refractivity contribution in [3.05, 3.63) is 46.9 Å². The largest absolute Gasteiger partial charge is 0.417 e. The number of aromatic nitrogens is 2. The van der Waals surface area contributed by atoms with Crippen LogP contribution in [0.4, 0.5) is 13.2 Å². The Morgan fingerprint density at radius 1 is 1.57 bits per heavy atom. The number of rotatable bonds is 3. The van der Waals surface area contributed by atoms with Gasteiger partial charge in [0.2, 0.25) is 0 Å². The Kier molecular flexibility index (Phi) is 3.95. The molecule has 4 nitrogen and oxygen atoms in total. The number of halogens is 4. The summed E-state index contributed by atoms with van der Waals surface area (Å²) in [6, 6.07) is 0.786. The summed E-state index contributed by atoms with van der Waals surface area (Å²) in [5.41, 5.74) is -0.543. The molecule has 0 unspecified atom stereocenters. The number of hydrogen-bond donors (Lipinski definition) is 1. The molecular formula is C13H11ClF3N3O. The molecule has 8 heteroatoms. The summed E-state index contributed by atoms with van der Waals surface area (Å²) in [4.78, 5) is 16.1. The van der Waals surface area contributed by atoms with Crippen molar-refractivity contribution in [2.75, 3.05) is 6.54 Å². The van der Waals surface area contributed by atoms with Crippen LogP contribution in [-0.2, 0) is 6.18 Å². The van der Waals surface area contributed by atoms with E-state index >= 15 is 0 Å². The maximum absolute atomic E-state index is 12.8. The lowest BCUT2D eigenvalue weighted by Gasteiger charge is -2.09. The first-order valence-corrected chi connectivity index (χ1v) is 6.28. The number of hydrogen-bond acceptors (Lipinski definition) is 2. The van der Waals surface area contributed by atoms with Gasteiger partial charge in [-0.15, -0.1) is 6.58 Å². The molecular weight excluding hydrogens is 307 g/mol. The standard InChI is InChI=1S/C13H11ClF3N3O/c1-3-4-18-12(21)10-7(2)19-11-9(14)5-8(6-20(10)11)13(15,16)17/h3,5-6H,1,4H2,2H3,(H,18,21). The number of fused-ring (bicyclic) bond motifs is 1. The van der Waals surface area contributed by atoms with Gasteiger partial charge >= 0.3 is 6.18 Å². The summed E-state index contributed by atoms with van der Waals surface area (Å²) < 4.78 is 39.5. The lowest BCUT2D eigenvalue weighted by molar-refractivity contribution is -0.137. The molecule has 2 aromatic heterocycles. The van der Waals surface area contributed by atoms with Crippen molar-refractivity contribution in [2.45, 2.75) is 13.1 Å². The summed E-state index contributed by atoms with van der Waals surface area (Å²) >= 11 is 5.83. The van der Waals surface area contributed by atoms with Crippen molar-refractivity contribution in [3.8, 4) is 0 Å². The SMILES string of the molecule is C=CCNC(=O)c1c(C)nc2c(Cl)cc(C(F)(F)F)cn12. The fraction of sp³-hybridized carbons (Fsp3) is 0.231. The predicted octanol–water partition coefficient (Wildman–Crippen LogP) is 3.23. The normalized spacial score (nSPS) is 11.7. The maximum atomic E-state index is 12.8. The summed E-state index contributed by atoms with van der Waals surface area (Å²) in [6.45, 7) is 5.17. The highest BCUT2D eigenvalue weighted by Crippen LogP contribution is 2.33. The zero-order valence-electron chi connectivity index (χ0n) is 11.0. The van der Waals surface area contributed by atoms with Gasteiger partial charge in [-0.1, -0.05) is 17.7 Å². The van der Waals surface area contributed by atoms with Gasteiger partial charge in [-0.25, -0.2) is 4.98 Å². The smallest absolute Gasteiger partial charge is 0.347 e. The number of amides is 1. The molecule has 112 valence electrons. The van der Waals surface area contributed by atoms with E-state index in [4.69, 9.17) is 11.6 Å². The van der Waals surface area contributed by atoms with Crippen molar-refractivity contribution >= 4 is 23.2 Å². The number of carbonyl (C=O) groups excluding carboxylic acids is 1. The molecule has 2 heterocycles. The Morgan fingerprint density at radius 2 is 2.24 bits per heavy atom. The number of imidazole rings is 1. The van der Waals surface area contributed by atoms with Gasteiger partial charge in [-0.2, -0.15) is 13.2 Å². The monoisotopic (exact) mass is 317 g/mol. The molecule has 1 N–H and O–H groups in total. The molecule has 0 aliphatic rings. The van der Waals surface area contributed by atoms with Crippen LogP contribution in [0.3, 0.4) is 0 Å². The summed E-state index contributed by atoms with van der Waals surface area (Å²) in [5, 5.41) is 2.33. The number of alkyl halides is 3. The van der Waals surface area contributed by atoms with Crippen LogP contribution in [-0.4, -0.2) is 21.8 Å². The van der Waals surface area contributed by atoms with Gasteiger partial charge in [0.05, 0.1) is 16.3 Å². The van der Waals surface area contributed by atoms with Crippen molar-refractivity contribution in [1.29, 1.82) is 0 Å². The fourth-order valence-corrected chi connectivity index (χ4v) is 2.15. The zero-order chi connectivity index (χ0) is 15.8. The third kappa shape index (κ3) is 2.87. The second-order valence-electron chi connectivity index (χ2n) is 4.31. The highest BCUT2D eigenvalue weighted by atomic mass is 35.5. The molecule has 0 aromatic carbocycles. The predicted molar refractivity (Wildman–Crippen MR) is 72.5 cm³/mol. The first kappa shape index (κ1) is 15.4. The lowest BCUT2D eigenvalue weighted by atomic mass is 10.2. The zero-order valence-corrected chi connectivity index (χ0v) is 11.7. The molecule has 0 bridgehead atoms. The number of aryl methyl sites for hydroxylation is 1. The topological polar surface area (TPSA) is 46.4 Å². The Morgan fingerprint density at radius 3 is 2.81 bits per heavy atom. The van der Waals surface area contributed by atoms with Gasteiger partial charge in [0.15, 0.2) is 5.65 Å². The first-order valence-electron chi connectivity index (χ1n) is 5.90. The van der Waals surface area contributed by atoms with E-state index in [9.17, 15) is 18.0 Å². The van der Waals surface area contributed by atoms with Gasteiger partial charge < -0.3 is 5.32 Å². The van der Waals surface area contributed by atoms with Crippen LogP contribution in [0.1, 0.15) is 21.7 Å². The number of nitrogens with zero attached hydrogens (tertiary/aromatic N) is 2. The van der Waals surface area contributed by atoms with Gasteiger partial charge in [-0.05, 0) is 13.0 Å². The van der Waals surface area contributed by atoms with Gasteiger partial charge in [0, 0.05) is 12.7 Å². The number of carbonyl (C=O) groups is 1. The number of nitrogens with one attached hydrogen (secondary N) is 1. The molecule has 0 aliphatic carbocycles. The van der Waals surface area contributed by atoms with E-state index in [1.807, 2.05) is 0 Å². The van der Waals surface area contributed by atoms with Crippen LogP contribution in [0, 0.1) is 6.92 Å². The molecule has 1 amide bonds. The minimum atomic E-state index is -4.56. The molecule has 0 saturated carbocycles. The third-order valence-electron chi connectivity index (χ3n) is 2.80. The Labute approximate surface area is 123 Å². The van der Waals surface area contributed by atoms with E-state index in [-0.39, 0.29) is 28.6 Å². The van der Waals surface area contributed by atoms with Gasteiger partial charge in [-0.3, -0.25) is 9.20 Å². The molecule has 21 heavy (non-hydrogen) atoms. The second kappa shape index (κ2) is 5.40. The molecule has 2 rings (SSSR count). The quantitative estimate of drug-likeness (QED) is 0.883. The van der Waals surface area contributed by atoms with Crippen molar-refractivity contribution < 1.29 is 18.0 Å². The molecule has 0 fully saturated rings. The summed E-state index contributed by atoms with van der Waals surface area (Å²) in [5.74, 6) is -0.546. The highest BCUT2D eigenvalue weighted by Gasteiger charge is 2.32. The molecule has 0 saturated heterocycles. The molecule has 2 aromatic rings. The van der Waals surface area contributed by atoms with E-state index < -0.39 is 17.6 Å². The van der Waals surface area contributed by atoms with E-state index in [1.54, 1.807) is 0 Å². The Bertz CT molecular complexity index is 722. The molecule has 0 spiro atoms. The minimum absolute atomic E-state index is 0.0138. The summed E-state index contributed by atoms with van der Waals surface area (Å²) in [7, 11) is 0. The van der Waals surface area contributed by atoms with Crippen LogP contribution in [0.25, 0.3) is 5.65 Å². The molecule has 0 atom stereocenters. The van der Waals surface area contributed by atoms with Crippen molar-refractivity contribution in [2.24, 2.45) is 0 Å². The van der Waals surface area contributed by atoms with Crippen LogP contribution in [0.15, 0.2) is 24.9 Å². The Hall–Kier alpha value is -2.02. The van der Waals surface area contributed by atoms with E-state index in [0.717, 1.165) is 16.7 Å². The van der Waals surface area contributed by atoms with Crippen molar-refractivity contribution in [3.63, 3.8) is 0 Å². The van der Waals surface area contributed by atoms with Crippen LogP contribution in [0.5, 0.6) is 0 Å². The van der Waals surface area contributed by atoms with Crippen LogP contribution >= 0.6 is 11.6 Å². The average Bonchev–Trinajstić information content (AvgIpc) is 2.72. The summed E-state index contributed by atoms with van der Waals surface area (Å²) in [6.07, 6.45) is -2.29. The molecule has 0 aliphatic heterocycles. The van der Waals surface area contributed by atoms with Crippen molar-refractivity contribution in [1.82, 2.24) is 14.7 Å². The third-order valence-corrected chi connectivity index (χ3v) is 3.08. The maximum Gasteiger partial charge on any atom is 0.417 e.